The highest BCUT2D eigenvalue weighted by atomic mass is 32.2. The fraction of sp³-hybridized carbons (Fsp3) is 0.250. The molecule has 0 saturated heterocycles. The van der Waals surface area contributed by atoms with Gasteiger partial charge in [-0.05, 0) is 36.4 Å². The summed E-state index contributed by atoms with van der Waals surface area (Å²) in [6.45, 7) is 4.34. The molecule has 0 bridgehead atoms. The summed E-state index contributed by atoms with van der Waals surface area (Å²) >= 11 is 2.41. The lowest BCUT2D eigenvalue weighted by atomic mass is 10.3. The molecule has 0 aliphatic rings. The van der Waals surface area contributed by atoms with Gasteiger partial charge >= 0.3 is 0 Å². The van der Waals surface area contributed by atoms with Gasteiger partial charge in [-0.3, -0.25) is 4.79 Å². The second-order valence-corrected chi connectivity index (χ2v) is 10.6. The molecule has 0 spiro atoms. The van der Waals surface area contributed by atoms with Gasteiger partial charge in [0.25, 0.3) is 0 Å². The van der Waals surface area contributed by atoms with Crippen LogP contribution in [0.5, 0.6) is 0 Å². The molecule has 0 unspecified atom stereocenters. The van der Waals surface area contributed by atoms with Gasteiger partial charge in [-0.25, -0.2) is 12.8 Å². The number of nitrogens with one attached hydrogen (secondary N) is 2. The van der Waals surface area contributed by atoms with Crippen LogP contribution in [0, 0.1) is 5.82 Å². The standard InChI is InChI=1S/C20H22FN5O3S3/c1-3-26(4-2)32(28,29)15-11-9-14(10-12-15)22-18(27)13-30-20-25-24-19(31-20)23-17-8-6-5-7-16(17)21/h5-12H,3-4,13H2,1-2H3,(H,22,27)(H,23,24). The quantitative estimate of drug-likeness (QED) is 0.407. The number of sulfonamides is 1. The largest absolute Gasteiger partial charge is 0.328 e. The number of amides is 1. The summed E-state index contributed by atoms with van der Waals surface area (Å²) in [5, 5.41) is 13.9. The van der Waals surface area contributed by atoms with E-state index in [0.717, 1.165) is 0 Å². The summed E-state index contributed by atoms with van der Waals surface area (Å²) < 4.78 is 40.7. The van der Waals surface area contributed by atoms with Crippen LogP contribution < -0.4 is 10.6 Å². The average Bonchev–Trinajstić information content (AvgIpc) is 3.22. The van der Waals surface area contributed by atoms with E-state index in [2.05, 4.69) is 20.8 Å². The van der Waals surface area contributed by atoms with Gasteiger partial charge in [0.05, 0.1) is 16.3 Å². The van der Waals surface area contributed by atoms with E-state index in [1.165, 1.54) is 45.6 Å². The normalized spacial score (nSPS) is 11.5. The lowest BCUT2D eigenvalue weighted by molar-refractivity contribution is -0.113. The molecule has 3 aromatic rings. The van der Waals surface area contributed by atoms with E-state index >= 15 is 0 Å². The van der Waals surface area contributed by atoms with E-state index in [1.807, 2.05) is 0 Å². The van der Waals surface area contributed by atoms with Gasteiger partial charge in [0.15, 0.2) is 4.34 Å². The number of halogens is 1. The highest BCUT2D eigenvalue weighted by molar-refractivity contribution is 8.01. The Hall–Kier alpha value is -2.54. The molecule has 0 radical (unpaired) electrons. The maximum atomic E-state index is 13.7. The molecule has 1 aromatic heterocycles. The lowest BCUT2D eigenvalue weighted by Gasteiger charge is -2.18. The molecule has 8 nitrogen and oxygen atoms in total. The van der Waals surface area contributed by atoms with Crippen molar-refractivity contribution in [1.29, 1.82) is 0 Å². The fourth-order valence-electron chi connectivity index (χ4n) is 2.74. The summed E-state index contributed by atoms with van der Waals surface area (Å²) in [4.78, 5) is 12.4. The molecule has 3 rings (SSSR count). The van der Waals surface area contributed by atoms with Crippen LogP contribution in [-0.2, 0) is 14.8 Å². The first kappa shape index (κ1) is 24.1. The second-order valence-electron chi connectivity index (χ2n) is 6.43. The predicted octanol–water partition coefficient (Wildman–Crippen LogP) is 4.18. The maximum absolute atomic E-state index is 13.7. The Kier molecular flexibility index (Phi) is 8.18. The SMILES string of the molecule is CCN(CC)S(=O)(=O)c1ccc(NC(=O)CSc2nnc(Nc3ccccc3F)s2)cc1. The molecule has 0 saturated carbocycles. The summed E-state index contributed by atoms with van der Waals surface area (Å²) in [5.41, 5.74) is 0.790. The van der Waals surface area contributed by atoms with Gasteiger partial charge in [-0.1, -0.05) is 49.1 Å². The number of nitrogens with zero attached hydrogens (tertiary/aromatic N) is 3. The second kappa shape index (κ2) is 10.9. The first-order valence-corrected chi connectivity index (χ1v) is 13.0. The molecule has 32 heavy (non-hydrogen) atoms. The van der Waals surface area contributed by atoms with Crippen LogP contribution in [-0.4, -0.2) is 47.7 Å². The predicted molar refractivity (Wildman–Crippen MR) is 125 cm³/mol. The molecular weight excluding hydrogens is 473 g/mol. The molecule has 170 valence electrons. The van der Waals surface area contributed by atoms with E-state index < -0.39 is 15.8 Å². The highest BCUT2D eigenvalue weighted by Crippen LogP contribution is 2.28. The Morgan fingerprint density at radius 2 is 1.78 bits per heavy atom. The number of anilines is 3. The topological polar surface area (TPSA) is 104 Å². The number of hydrogen-bond donors (Lipinski definition) is 2. The van der Waals surface area contributed by atoms with Crippen molar-refractivity contribution in [2.75, 3.05) is 29.5 Å². The summed E-state index contributed by atoms with van der Waals surface area (Å²) in [6, 6.07) is 12.3. The fourth-order valence-corrected chi connectivity index (χ4v) is 5.77. The van der Waals surface area contributed by atoms with Gasteiger partial charge in [0, 0.05) is 18.8 Å². The van der Waals surface area contributed by atoms with Crippen molar-refractivity contribution < 1.29 is 17.6 Å². The van der Waals surface area contributed by atoms with Crippen molar-refractivity contribution in [3.8, 4) is 0 Å². The summed E-state index contributed by atoms with van der Waals surface area (Å²) in [6.07, 6.45) is 0. The van der Waals surface area contributed by atoms with Crippen LogP contribution >= 0.6 is 23.1 Å². The average molecular weight is 496 g/mol. The maximum Gasteiger partial charge on any atom is 0.243 e. The molecule has 0 fully saturated rings. The van der Waals surface area contributed by atoms with Crippen LogP contribution in [0.2, 0.25) is 0 Å². The number of carbonyl (C=O) groups excluding carboxylic acids is 1. The molecule has 1 amide bonds. The monoisotopic (exact) mass is 495 g/mol. The summed E-state index contributed by atoms with van der Waals surface area (Å²) in [5.74, 6) is -0.575. The third-order valence-electron chi connectivity index (χ3n) is 4.33. The molecule has 1 heterocycles. The first-order chi connectivity index (χ1) is 15.3. The number of rotatable bonds is 10. The Labute approximate surface area is 194 Å². The zero-order valence-electron chi connectivity index (χ0n) is 17.4. The molecule has 2 aromatic carbocycles. The van der Waals surface area contributed by atoms with Crippen LogP contribution in [0.25, 0.3) is 0 Å². The van der Waals surface area contributed by atoms with Crippen molar-refractivity contribution in [2.45, 2.75) is 23.1 Å². The van der Waals surface area contributed by atoms with Crippen LogP contribution in [0.1, 0.15) is 13.8 Å². The molecule has 2 N–H and O–H groups in total. The number of thioether (sulfide) groups is 1. The van der Waals surface area contributed by atoms with E-state index in [-0.39, 0.29) is 16.6 Å². The van der Waals surface area contributed by atoms with Crippen LogP contribution in [0.15, 0.2) is 57.8 Å². The van der Waals surface area contributed by atoms with E-state index in [9.17, 15) is 17.6 Å². The molecule has 0 aliphatic carbocycles. The molecule has 12 heteroatoms. The Morgan fingerprint density at radius 3 is 2.44 bits per heavy atom. The minimum Gasteiger partial charge on any atom is -0.328 e. The number of carbonyl (C=O) groups is 1. The van der Waals surface area contributed by atoms with E-state index in [1.54, 1.807) is 44.2 Å². The van der Waals surface area contributed by atoms with Crippen molar-refractivity contribution in [3.05, 3.63) is 54.3 Å². The number of benzene rings is 2. The van der Waals surface area contributed by atoms with Crippen LogP contribution in [0.4, 0.5) is 20.9 Å². The third-order valence-corrected chi connectivity index (χ3v) is 8.37. The Morgan fingerprint density at radius 1 is 1.09 bits per heavy atom. The zero-order chi connectivity index (χ0) is 23.1. The molecule has 0 atom stereocenters. The Bertz CT molecular complexity index is 1170. The van der Waals surface area contributed by atoms with Gasteiger partial charge in [-0.15, -0.1) is 10.2 Å². The number of para-hydroxylation sites is 1. The van der Waals surface area contributed by atoms with Crippen molar-refractivity contribution in [1.82, 2.24) is 14.5 Å². The van der Waals surface area contributed by atoms with Gasteiger partial charge in [0.2, 0.25) is 21.1 Å². The molecular formula is C20H22FN5O3S3. The number of hydrogen-bond acceptors (Lipinski definition) is 8. The first-order valence-electron chi connectivity index (χ1n) is 9.71. The lowest BCUT2D eigenvalue weighted by Crippen LogP contribution is -2.30. The smallest absolute Gasteiger partial charge is 0.243 e. The third kappa shape index (κ3) is 6.03. The van der Waals surface area contributed by atoms with Crippen LogP contribution in [0.3, 0.4) is 0 Å². The minimum atomic E-state index is -3.54. The molecule has 0 aliphatic heterocycles. The van der Waals surface area contributed by atoms with Crippen molar-refractivity contribution in [2.24, 2.45) is 0 Å². The van der Waals surface area contributed by atoms with E-state index in [4.69, 9.17) is 0 Å². The zero-order valence-corrected chi connectivity index (χ0v) is 19.9. The minimum absolute atomic E-state index is 0.0911. The van der Waals surface area contributed by atoms with Crippen molar-refractivity contribution >= 4 is 55.5 Å². The highest BCUT2D eigenvalue weighted by Gasteiger charge is 2.21. The van der Waals surface area contributed by atoms with Gasteiger partial charge in [-0.2, -0.15) is 4.31 Å². The van der Waals surface area contributed by atoms with Crippen molar-refractivity contribution in [3.63, 3.8) is 0 Å². The van der Waals surface area contributed by atoms with E-state index in [0.29, 0.717) is 33.9 Å². The Balaban J connectivity index is 1.53. The van der Waals surface area contributed by atoms with Gasteiger partial charge in [0.1, 0.15) is 5.82 Å². The van der Waals surface area contributed by atoms with Gasteiger partial charge < -0.3 is 10.6 Å². The summed E-state index contributed by atoms with van der Waals surface area (Å²) in [7, 11) is -3.54. The number of aromatic nitrogens is 2.